The van der Waals surface area contributed by atoms with Crippen LogP contribution >= 0.6 is 0 Å². The van der Waals surface area contributed by atoms with Gasteiger partial charge in [-0.15, -0.1) is 0 Å². The van der Waals surface area contributed by atoms with Gasteiger partial charge in [0.2, 0.25) is 5.91 Å². The Morgan fingerprint density at radius 3 is 2.44 bits per heavy atom. The first-order valence-corrected chi connectivity index (χ1v) is 5.76. The minimum atomic E-state index is -0.301. The van der Waals surface area contributed by atoms with Crippen molar-refractivity contribution in [2.75, 3.05) is 25.5 Å². The van der Waals surface area contributed by atoms with Crippen LogP contribution in [0.4, 0.5) is 5.69 Å². The highest BCUT2D eigenvalue weighted by Gasteiger charge is 2.00. The number of esters is 1. The van der Waals surface area contributed by atoms with E-state index in [0.29, 0.717) is 6.54 Å². The SMILES string of the molecule is COC(=O)CNc1ccc(CCNC(C)=O)cc1. The molecule has 1 amide bonds. The zero-order valence-electron chi connectivity index (χ0n) is 10.7. The van der Waals surface area contributed by atoms with Crippen molar-refractivity contribution in [3.05, 3.63) is 29.8 Å². The number of ether oxygens (including phenoxy) is 1. The fourth-order valence-electron chi connectivity index (χ4n) is 1.42. The summed E-state index contributed by atoms with van der Waals surface area (Å²) in [7, 11) is 1.36. The first kappa shape index (κ1) is 14.0. The molecule has 0 aromatic heterocycles. The highest BCUT2D eigenvalue weighted by molar-refractivity contribution is 5.74. The Morgan fingerprint density at radius 2 is 1.89 bits per heavy atom. The predicted molar refractivity (Wildman–Crippen MR) is 69.3 cm³/mol. The molecule has 5 nitrogen and oxygen atoms in total. The van der Waals surface area contributed by atoms with E-state index in [1.165, 1.54) is 14.0 Å². The number of carbonyl (C=O) groups is 2. The normalized spacial score (nSPS) is 9.67. The van der Waals surface area contributed by atoms with Crippen LogP contribution in [0.5, 0.6) is 0 Å². The Labute approximate surface area is 107 Å². The van der Waals surface area contributed by atoms with Crippen molar-refractivity contribution in [1.82, 2.24) is 5.32 Å². The van der Waals surface area contributed by atoms with Crippen LogP contribution in [0.3, 0.4) is 0 Å². The minimum absolute atomic E-state index is 0.0219. The Hall–Kier alpha value is -2.04. The van der Waals surface area contributed by atoms with Gasteiger partial charge in [-0.2, -0.15) is 0 Å². The monoisotopic (exact) mass is 250 g/mol. The molecule has 0 saturated carbocycles. The van der Waals surface area contributed by atoms with E-state index in [9.17, 15) is 9.59 Å². The first-order chi connectivity index (χ1) is 8.61. The van der Waals surface area contributed by atoms with Crippen LogP contribution in [0, 0.1) is 0 Å². The van der Waals surface area contributed by atoms with E-state index in [-0.39, 0.29) is 18.4 Å². The van der Waals surface area contributed by atoms with Gasteiger partial charge in [-0.1, -0.05) is 12.1 Å². The summed E-state index contributed by atoms with van der Waals surface area (Å²) in [5, 5.41) is 5.69. The Morgan fingerprint density at radius 1 is 1.22 bits per heavy atom. The van der Waals surface area contributed by atoms with Gasteiger partial charge in [-0.3, -0.25) is 9.59 Å². The van der Waals surface area contributed by atoms with Crippen LogP contribution in [0.2, 0.25) is 0 Å². The van der Waals surface area contributed by atoms with Crippen LogP contribution in [-0.4, -0.2) is 32.1 Å². The average molecular weight is 250 g/mol. The first-order valence-electron chi connectivity index (χ1n) is 5.76. The molecule has 0 fully saturated rings. The van der Waals surface area contributed by atoms with Gasteiger partial charge in [0.15, 0.2) is 0 Å². The number of benzene rings is 1. The van der Waals surface area contributed by atoms with Gasteiger partial charge >= 0.3 is 5.97 Å². The van der Waals surface area contributed by atoms with Crippen molar-refractivity contribution in [3.63, 3.8) is 0 Å². The Bertz CT molecular complexity index is 401. The number of hydrogen-bond acceptors (Lipinski definition) is 4. The zero-order valence-corrected chi connectivity index (χ0v) is 10.7. The largest absolute Gasteiger partial charge is 0.468 e. The molecule has 1 aromatic rings. The van der Waals surface area contributed by atoms with Crippen molar-refractivity contribution in [3.8, 4) is 0 Å². The van der Waals surface area contributed by atoms with Crippen LogP contribution in [0.1, 0.15) is 12.5 Å². The lowest BCUT2D eigenvalue weighted by molar-refractivity contribution is -0.138. The van der Waals surface area contributed by atoms with E-state index < -0.39 is 0 Å². The molecular formula is C13H18N2O3. The maximum Gasteiger partial charge on any atom is 0.325 e. The summed E-state index contributed by atoms with van der Waals surface area (Å²) in [6, 6.07) is 7.71. The van der Waals surface area contributed by atoms with Crippen LogP contribution in [0.15, 0.2) is 24.3 Å². The fourth-order valence-corrected chi connectivity index (χ4v) is 1.42. The summed E-state index contributed by atoms with van der Waals surface area (Å²) < 4.78 is 4.53. The summed E-state index contributed by atoms with van der Waals surface area (Å²) in [6.45, 7) is 2.28. The predicted octanol–water partition coefficient (Wildman–Crippen LogP) is 0.950. The van der Waals surface area contributed by atoms with Crippen LogP contribution < -0.4 is 10.6 Å². The lowest BCUT2D eigenvalue weighted by Crippen LogP contribution is -2.22. The molecule has 0 saturated heterocycles. The van der Waals surface area contributed by atoms with E-state index >= 15 is 0 Å². The highest BCUT2D eigenvalue weighted by atomic mass is 16.5. The van der Waals surface area contributed by atoms with Gasteiger partial charge in [0.05, 0.1) is 7.11 Å². The second-order valence-corrected chi connectivity index (χ2v) is 3.86. The number of hydrogen-bond donors (Lipinski definition) is 2. The van der Waals surface area contributed by atoms with Gasteiger partial charge in [-0.25, -0.2) is 0 Å². The molecule has 0 heterocycles. The topological polar surface area (TPSA) is 67.4 Å². The molecule has 2 N–H and O–H groups in total. The van der Waals surface area contributed by atoms with Crippen molar-refractivity contribution < 1.29 is 14.3 Å². The number of anilines is 1. The number of nitrogens with one attached hydrogen (secondary N) is 2. The molecule has 0 aliphatic rings. The maximum atomic E-state index is 10.9. The number of carbonyl (C=O) groups excluding carboxylic acids is 2. The molecule has 1 aromatic carbocycles. The molecule has 1 rings (SSSR count). The summed E-state index contributed by atoms with van der Waals surface area (Å²) >= 11 is 0. The third-order valence-corrected chi connectivity index (χ3v) is 2.41. The quantitative estimate of drug-likeness (QED) is 0.738. The lowest BCUT2D eigenvalue weighted by atomic mass is 10.1. The molecule has 0 spiro atoms. The Balaban J connectivity index is 2.37. The molecule has 0 aliphatic carbocycles. The molecule has 0 atom stereocenters. The molecule has 0 unspecified atom stereocenters. The fraction of sp³-hybridized carbons (Fsp3) is 0.385. The van der Waals surface area contributed by atoms with Gasteiger partial charge in [-0.05, 0) is 24.1 Å². The second kappa shape index (κ2) is 7.32. The van der Waals surface area contributed by atoms with Crippen LogP contribution in [0.25, 0.3) is 0 Å². The zero-order chi connectivity index (χ0) is 13.4. The van der Waals surface area contributed by atoms with Gasteiger partial charge in [0.1, 0.15) is 6.54 Å². The summed E-state index contributed by atoms with van der Waals surface area (Å²) in [6.07, 6.45) is 0.789. The number of rotatable bonds is 6. The summed E-state index contributed by atoms with van der Waals surface area (Å²) in [5.74, 6) is -0.323. The molecular weight excluding hydrogens is 232 g/mol. The molecule has 18 heavy (non-hydrogen) atoms. The van der Waals surface area contributed by atoms with Crippen LogP contribution in [-0.2, 0) is 20.7 Å². The third-order valence-electron chi connectivity index (χ3n) is 2.41. The number of methoxy groups -OCH3 is 1. The Kier molecular flexibility index (Phi) is 5.70. The minimum Gasteiger partial charge on any atom is -0.468 e. The van der Waals surface area contributed by atoms with Crippen molar-refractivity contribution in [1.29, 1.82) is 0 Å². The van der Waals surface area contributed by atoms with E-state index in [0.717, 1.165) is 17.7 Å². The third kappa shape index (κ3) is 5.34. The number of amides is 1. The van der Waals surface area contributed by atoms with E-state index in [1.807, 2.05) is 24.3 Å². The maximum absolute atomic E-state index is 10.9. The molecule has 0 bridgehead atoms. The highest BCUT2D eigenvalue weighted by Crippen LogP contribution is 2.09. The van der Waals surface area contributed by atoms with E-state index in [4.69, 9.17) is 0 Å². The molecule has 5 heteroatoms. The summed E-state index contributed by atoms with van der Waals surface area (Å²) in [4.78, 5) is 21.6. The van der Waals surface area contributed by atoms with E-state index in [1.54, 1.807) is 0 Å². The average Bonchev–Trinajstić information content (AvgIpc) is 2.37. The standard InChI is InChI=1S/C13H18N2O3/c1-10(16)14-8-7-11-3-5-12(6-4-11)15-9-13(17)18-2/h3-6,15H,7-9H2,1-2H3,(H,14,16). The van der Waals surface area contributed by atoms with Gasteiger partial charge < -0.3 is 15.4 Å². The second-order valence-electron chi connectivity index (χ2n) is 3.86. The van der Waals surface area contributed by atoms with Crippen molar-refractivity contribution in [2.45, 2.75) is 13.3 Å². The molecule has 0 radical (unpaired) electrons. The van der Waals surface area contributed by atoms with Gasteiger partial charge in [0, 0.05) is 19.2 Å². The van der Waals surface area contributed by atoms with Crippen molar-refractivity contribution >= 4 is 17.6 Å². The van der Waals surface area contributed by atoms with Gasteiger partial charge in [0.25, 0.3) is 0 Å². The summed E-state index contributed by atoms with van der Waals surface area (Å²) in [5.41, 5.74) is 2.00. The molecule has 98 valence electrons. The molecule has 0 aliphatic heterocycles. The lowest BCUT2D eigenvalue weighted by Gasteiger charge is -2.06. The van der Waals surface area contributed by atoms with E-state index in [2.05, 4.69) is 15.4 Å². The van der Waals surface area contributed by atoms with Crippen molar-refractivity contribution in [2.24, 2.45) is 0 Å². The smallest absolute Gasteiger partial charge is 0.325 e.